The molecule has 1 heterocycles. The molecule has 1 amide bonds. The van der Waals surface area contributed by atoms with Crippen molar-refractivity contribution in [3.8, 4) is 5.75 Å². The van der Waals surface area contributed by atoms with Crippen LogP contribution in [0.2, 0.25) is 0 Å². The molecule has 6 nitrogen and oxygen atoms in total. The summed E-state index contributed by atoms with van der Waals surface area (Å²) >= 11 is 0. The SMILES string of the molecule is CC[C@H](N[C@H](C)c1cc(C)ccc1OC)C(=O)Nc1cc(C)on1. The van der Waals surface area contributed by atoms with Gasteiger partial charge in [0.2, 0.25) is 5.91 Å². The molecule has 0 aliphatic rings. The third-order valence-corrected chi connectivity index (χ3v) is 3.91. The minimum absolute atomic E-state index is 0.0328. The molecular formula is C18H25N3O3. The molecule has 0 saturated carbocycles. The summed E-state index contributed by atoms with van der Waals surface area (Å²) in [7, 11) is 1.65. The van der Waals surface area contributed by atoms with E-state index < -0.39 is 0 Å². The number of nitrogens with one attached hydrogen (secondary N) is 2. The Morgan fingerprint density at radius 3 is 2.67 bits per heavy atom. The van der Waals surface area contributed by atoms with Gasteiger partial charge in [0, 0.05) is 17.7 Å². The first-order valence-corrected chi connectivity index (χ1v) is 8.09. The summed E-state index contributed by atoms with van der Waals surface area (Å²) in [5.74, 6) is 1.76. The number of carbonyl (C=O) groups is 1. The van der Waals surface area contributed by atoms with Crippen LogP contribution in [-0.4, -0.2) is 24.2 Å². The third kappa shape index (κ3) is 4.35. The van der Waals surface area contributed by atoms with Crippen molar-refractivity contribution in [1.29, 1.82) is 0 Å². The van der Waals surface area contributed by atoms with Crippen molar-refractivity contribution in [3.05, 3.63) is 41.2 Å². The number of nitrogens with zero attached hydrogens (tertiary/aromatic N) is 1. The highest BCUT2D eigenvalue weighted by Crippen LogP contribution is 2.26. The summed E-state index contributed by atoms with van der Waals surface area (Å²) in [6, 6.07) is 7.34. The van der Waals surface area contributed by atoms with E-state index in [1.54, 1.807) is 20.1 Å². The van der Waals surface area contributed by atoms with Gasteiger partial charge in [-0.05, 0) is 33.3 Å². The molecule has 1 aromatic carbocycles. The molecule has 0 spiro atoms. The van der Waals surface area contributed by atoms with E-state index in [1.807, 2.05) is 32.9 Å². The fourth-order valence-electron chi connectivity index (χ4n) is 2.60. The molecule has 0 bridgehead atoms. The van der Waals surface area contributed by atoms with Crippen molar-refractivity contribution in [3.63, 3.8) is 0 Å². The monoisotopic (exact) mass is 331 g/mol. The number of methoxy groups -OCH3 is 1. The lowest BCUT2D eigenvalue weighted by Gasteiger charge is -2.23. The number of anilines is 1. The first-order valence-electron chi connectivity index (χ1n) is 8.09. The van der Waals surface area contributed by atoms with Gasteiger partial charge in [-0.25, -0.2) is 0 Å². The van der Waals surface area contributed by atoms with Crippen molar-refractivity contribution in [2.75, 3.05) is 12.4 Å². The zero-order chi connectivity index (χ0) is 17.7. The molecular weight excluding hydrogens is 306 g/mol. The second-order valence-electron chi connectivity index (χ2n) is 5.91. The molecule has 24 heavy (non-hydrogen) atoms. The summed E-state index contributed by atoms with van der Waals surface area (Å²) in [6.07, 6.45) is 0.654. The third-order valence-electron chi connectivity index (χ3n) is 3.91. The van der Waals surface area contributed by atoms with Gasteiger partial charge in [-0.1, -0.05) is 29.8 Å². The number of benzene rings is 1. The van der Waals surface area contributed by atoms with Crippen LogP contribution in [0.25, 0.3) is 0 Å². The lowest BCUT2D eigenvalue weighted by molar-refractivity contribution is -0.118. The van der Waals surface area contributed by atoms with E-state index in [2.05, 4.69) is 21.9 Å². The number of aromatic nitrogens is 1. The van der Waals surface area contributed by atoms with E-state index in [0.29, 0.717) is 18.0 Å². The van der Waals surface area contributed by atoms with Crippen LogP contribution in [0.1, 0.15) is 43.2 Å². The molecule has 0 unspecified atom stereocenters. The lowest BCUT2D eigenvalue weighted by atomic mass is 10.0. The van der Waals surface area contributed by atoms with E-state index >= 15 is 0 Å². The van der Waals surface area contributed by atoms with Crippen molar-refractivity contribution in [2.45, 2.75) is 46.2 Å². The topological polar surface area (TPSA) is 76.4 Å². The molecule has 6 heteroatoms. The Morgan fingerprint density at radius 2 is 2.08 bits per heavy atom. The fourth-order valence-corrected chi connectivity index (χ4v) is 2.60. The van der Waals surface area contributed by atoms with Gasteiger partial charge in [0.25, 0.3) is 0 Å². The average molecular weight is 331 g/mol. The van der Waals surface area contributed by atoms with E-state index in [-0.39, 0.29) is 18.0 Å². The van der Waals surface area contributed by atoms with E-state index in [4.69, 9.17) is 9.26 Å². The summed E-state index contributed by atoms with van der Waals surface area (Å²) < 4.78 is 10.4. The number of ether oxygens (including phenoxy) is 1. The highest BCUT2D eigenvalue weighted by Gasteiger charge is 2.22. The smallest absolute Gasteiger partial charge is 0.242 e. The Hall–Kier alpha value is -2.34. The van der Waals surface area contributed by atoms with Gasteiger partial charge in [-0.15, -0.1) is 0 Å². The Kier molecular flexibility index (Phi) is 5.98. The van der Waals surface area contributed by atoms with Gasteiger partial charge < -0.3 is 14.6 Å². The van der Waals surface area contributed by atoms with Crippen molar-refractivity contribution >= 4 is 11.7 Å². The quantitative estimate of drug-likeness (QED) is 0.813. The number of amides is 1. The van der Waals surface area contributed by atoms with Crippen molar-refractivity contribution in [1.82, 2.24) is 10.5 Å². The van der Waals surface area contributed by atoms with Crippen LogP contribution in [0, 0.1) is 13.8 Å². The van der Waals surface area contributed by atoms with Crippen LogP contribution < -0.4 is 15.4 Å². The van der Waals surface area contributed by atoms with Crippen molar-refractivity contribution in [2.24, 2.45) is 0 Å². The van der Waals surface area contributed by atoms with E-state index in [9.17, 15) is 4.79 Å². The van der Waals surface area contributed by atoms with Gasteiger partial charge in [0.1, 0.15) is 11.5 Å². The first-order chi connectivity index (χ1) is 11.4. The molecule has 0 radical (unpaired) electrons. The average Bonchev–Trinajstić information content (AvgIpc) is 2.97. The van der Waals surface area contributed by atoms with E-state index in [0.717, 1.165) is 16.9 Å². The minimum atomic E-state index is -0.345. The minimum Gasteiger partial charge on any atom is -0.496 e. The zero-order valence-electron chi connectivity index (χ0n) is 14.8. The van der Waals surface area contributed by atoms with Gasteiger partial charge in [-0.2, -0.15) is 0 Å². The first kappa shape index (κ1) is 18.0. The summed E-state index contributed by atoms with van der Waals surface area (Å²) in [5.41, 5.74) is 2.18. The molecule has 0 saturated heterocycles. The Balaban J connectivity index is 2.08. The largest absolute Gasteiger partial charge is 0.496 e. The van der Waals surface area contributed by atoms with Gasteiger partial charge in [0.05, 0.1) is 13.2 Å². The van der Waals surface area contributed by atoms with Crippen LogP contribution in [0.4, 0.5) is 5.82 Å². The highest BCUT2D eigenvalue weighted by atomic mass is 16.5. The number of hydrogen-bond donors (Lipinski definition) is 2. The Labute approximate surface area is 142 Å². The molecule has 2 aromatic rings. The van der Waals surface area contributed by atoms with Gasteiger partial charge >= 0.3 is 0 Å². The van der Waals surface area contributed by atoms with Crippen LogP contribution in [0.3, 0.4) is 0 Å². The lowest BCUT2D eigenvalue weighted by Crippen LogP contribution is -2.41. The van der Waals surface area contributed by atoms with Crippen LogP contribution in [-0.2, 0) is 4.79 Å². The molecule has 2 atom stereocenters. The number of carbonyl (C=O) groups excluding carboxylic acids is 1. The van der Waals surface area contributed by atoms with Crippen LogP contribution in [0.15, 0.2) is 28.8 Å². The fraction of sp³-hybridized carbons (Fsp3) is 0.444. The van der Waals surface area contributed by atoms with Gasteiger partial charge in [-0.3, -0.25) is 10.1 Å². The molecule has 0 aliphatic heterocycles. The number of hydrogen-bond acceptors (Lipinski definition) is 5. The summed E-state index contributed by atoms with van der Waals surface area (Å²) in [4.78, 5) is 12.5. The second-order valence-corrected chi connectivity index (χ2v) is 5.91. The molecule has 0 aliphatic carbocycles. The normalized spacial score (nSPS) is 13.4. The maximum absolute atomic E-state index is 12.5. The predicted molar refractivity (Wildman–Crippen MR) is 93.2 cm³/mol. The maximum Gasteiger partial charge on any atom is 0.242 e. The summed E-state index contributed by atoms with van der Waals surface area (Å²) in [5, 5.41) is 9.93. The van der Waals surface area contributed by atoms with Crippen molar-refractivity contribution < 1.29 is 14.1 Å². The molecule has 2 rings (SSSR count). The maximum atomic E-state index is 12.5. The predicted octanol–water partition coefficient (Wildman–Crippen LogP) is 3.37. The number of rotatable bonds is 7. The molecule has 1 aromatic heterocycles. The Morgan fingerprint density at radius 1 is 1.33 bits per heavy atom. The second kappa shape index (κ2) is 7.97. The standard InChI is InChI=1S/C18H25N3O3/c1-6-15(18(22)20-17-10-12(3)24-21-17)19-13(4)14-9-11(2)7-8-16(14)23-5/h7-10,13,15,19H,6H2,1-5H3,(H,20,21,22)/t13-,15+/m1/s1. The highest BCUT2D eigenvalue weighted by molar-refractivity contribution is 5.94. The number of aryl methyl sites for hydroxylation is 2. The van der Waals surface area contributed by atoms with Gasteiger partial charge in [0.15, 0.2) is 5.82 Å². The van der Waals surface area contributed by atoms with E-state index in [1.165, 1.54) is 0 Å². The Bertz CT molecular complexity index is 697. The summed E-state index contributed by atoms with van der Waals surface area (Å²) in [6.45, 7) is 7.80. The van der Waals surface area contributed by atoms with Crippen LogP contribution >= 0.6 is 0 Å². The van der Waals surface area contributed by atoms with Crippen LogP contribution in [0.5, 0.6) is 5.75 Å². The zero-order valence-corrected chi connectivity index (χ0v) is 14.8. The molecule has 2 N–H and O–H groups in total. The molecule has 130 valence electrons. The molecule has 0 fully saturated rings.